The fourth-order valence-electron chi connectivity index (χ4n) is 5.04. The lowest BCUT2D eigenvalue weighted by atomic mass is 9.90. The van der Waals surface area contributed by atoms with E-state index in [0.717, 1.165) is 36.3 Å². The second kappa shape index (κ2) is 8.14. The van der Waals surface area contributed by atoms with Crippen molar-refractivity contribution in [3.63, 3.8) is 0 Å². The van der Waals surface area contributed by atoms with Gasteiger partial charge in [-0.05, 0) is 87.1 Å². The third kappa shape index (κ3) is 4.15. The first-order valence-corrected chi connectivity index (χ1v) is 11.3. The number of aryl methyl sites for hydroxylation is 2. The first-order valence-electron chi connectivity index (χ1n) is 11.3. The highest BCUT2D eigenvalue weighted by molar-refractivity contribution is 5.96. The van der Waals surface area contributed by atoms with Gasteiger partial charge in [-0.1, -0.05) is 6.07 Å². The minimum absolute atomic E-state index is 0.0196. The fourth-order valence-corrected chi connectivity index (χ4v) is 5.04. The predicted molar refractivity (Wildman–Crippen MR) is 124 cm³/mol. The second-order valence-corrected chi connectivity index (χ2v) is 9.30. The lowest BCUT2D eigenvalue weighted by molar-refractivity contribution is -0.118. The van der Waals surface area contributed by atoms with E-state index in [1.165, 1.54) is 12.1 Å². The zero-order chi connectivity index (χ0) is 23.2. The quantitative estimate of drug-likeness (QED) is 0.641. The number of nitrogens with zero attached hydrogens (tertiary/aromatic N) is 3. The second-order valence-electron chi connectivity index (χ2n) is 9.30. The van der Waals surface area contributed by atoms with E-state index in [0.29, 0.717) is 24.3 Å². The Hall–Kier alpha value is -3.48. The molecule has 7 heteroatoms. The molecule has 6 nitrogen and oxygen atoms in total. The number of aromatic nitrogens is 2. The number of likely N-dealkylation sites (tertiary alicyclic amines) is 1. The molecular weight excluding hydrogens is 419 g/mol. The van der Waals surface area contributed by atoms with Gasteiger partial charge >= 0.3 is 0 Å². The van der Waals surface area contributed by atoms with Crippen molar-refractivity contribution in [3.05, 3.63) is 77.4 Å². The molecular formula is C26H27FN4O2. The lowest BCUT2D eigenvalue weighted by Gasteiger charge is -2.33. The van der Waals surface area contributed by atoms with Crippen LogP contribution in [0.5, 0.6) is 0 Å². The van der Waals surface area contributed by atoms with E-state index in [4.69, 9.17) is 0 Å². The van der Waals surface area contributed by atoms with Crippen LogP contribution >= 0.6 is 0 Å². The van der Waals surface area contributed by atoms with E-state index in [1.54, 1.807) is 12.1 Å². The standard InChI is InChI=1S/C26H27FN4O2/c1-17-14-18(2)31(29-17)22-8-6-19(7-9-22)25(33)30-12-10-26(11-13-30)16-23(26)24(32)28-21-5-3-4-20(27)15-21/h3-9,14-15,23H,10-13,16H2,1-2H3,(H,28,32). The van der Waals surface area contributed by atoms with E-state index in [2.05, 4.69) is 10.4 Å². The molecule has 170 valence electrons. The van der Waals surface area contributed by atoms with Crippen LogP contribution in [0.1, 0.15) is 41.0 Å². The molecule has 0 radical (unpaired) electrons. The van der Waals surface area contributed by atoms with Gasteiger partial charge in [-0.2, -0.15) is 5.10 Å². The van der Waals surface area contributed by atoms with Crippen molar-refractivity contribution in [2.24, 2.45) is 11.3 Å². The molecule has 1 aliphatic heterocycles. The van der Waals surface area contributed by atoms with Crippen LogP contribution in [0.25, 0.3) is 5.69 Å². The number of anilines is 1. The predicted octanol–water partition coefficient (Wildman–Crippen LogP) is 4.51. The van der Waals surface area contributed by atoms with E-state index in [9.17, 15) is 14.0 Å². The highest BCUT2D eigenvalue weighted by Crippen LogP contribution is 2.59. The Morgan fingerprint density at radius 1 is 1.06 bits per heavy atom. The summed E-state index contributed by atoms with van der Waals surface area (Å²) in [6.45, 7) is 5.25. The van der Waals surface area contributed by atoms with Crippen molar-refractivity contribution in [3.8, 4) is 5.69 Å². The summed E-state index contributed by atoms with van der Waals surface area (Å²) in [6.07, 6.45) is 2.45. The number of rotatable bonds is 4. The molecule has 1 saturated heterocycles. The summed E-state index contributed by atoms with van der Waals surface area (Å²) in [5.74, 6) is -0.475. The largest absolute Gasteiger partial charge is 0.339 e. The number of hydrogen-bond donors (Lipinski definition) is 1. The van der Waals surface area contributed by atoms with Gasteiger partial charge in [-0.3, -0.25) is 9.59 Å². The topological polar surface area (TPSA) is 67.2 Å². The summed E-state index contributed by atoms with van der Waals surface area (Å²) >= 11 is 0. The first-order chi connectivity index (χ1) is 15.8. The van der Waals surface area contributed by atoms with Crippen molar-refractivity contribution in [2.75, 3.05) is 18.4 Å². The van der Waals surface area contributed by atoms with Gasteiger partial charge in [0.15, 0.2) is 0 Å². The molecule has 2 aliphatic rings. The highest BCUT2D eigenvalue weighted by Gasteiger charge is 2.58. The molecule has 2 aromatic carbocycles. The average Bonchev–Trinajstić information content (AvgIpc) is 3.39. The van der Waals surface area contributed by atoms with Crippen LogP contribution in [-0.2, 0) is 4.79 Å². The summed E-state index contributed by atoms with van der Waals surface area (Å²) < 4.78 is 15.2. The van der Waals surface area contributed by atoms with Crippen LogP contribution < -0.4 is 5.32 Å². The maximum atomic E-state index is 13.4. The number of carbonyl (C=O) groups is 2. The molecule has 3 aromatic rings. The Morgan fingerprint density at radius 3 is 2.42 bits per heavy atom. The number of amides is 2. The molecule has 2 heterocycles. The van der Waals surface area contributed by atoms with Gasteiger partial charge in [-0.25, -0.2) is 9.07 Å². The summed E-state index contributed by atoms with van der Waals surface area (Å²) in [5, 5.41) is 7.32. The van der Waals surface area contributed by atoms with Crippen LogP contribution in [0, 0.1) is 31.0 Å². The van der Waals surface area contributed by atoms with E-state index in [1.807, 2.05) is 53.8 Å². The minimum atomic E-state index is -0.368. The van der Waals surface area contributed by atoms with Gasteiger partial charge < -0.3 is 10.2 Å². The zero-order valence-corrected chi connectivity index (χ0v) is 18.8. The van der Waals surface area contributed by atoms with Crippen molar-refractivity contribution in [1.82, 2.24) is 14.7 Å². The third-order valence-electron chi connectivity index (χ3n) is 7.01. The third-order valence-corrected chi connectivity index (χ3v) is 7.01. The van der Waals surface area contributed by atoms with Gasteiger partial charge in [-0.15, -0.1) is 0 Å². The van der Waals surface area contributed by atoms with E-state index in [-0.39, 0.29) is 29.0 Å². The molecule has 0 bridgehead atoms. The average molecular weight is 447 g/mol. The molecule has 1 atom stereocenters. The summed E-state index contributed by atoms with van der Waals surface area (Å²) in [4.78, 5) is 27.6. The van der Waals surface area contributed by atoms with Gasteiger partial charge in [0, 0.05) is 36.0 Å². The summed E-state index contributed by atoms with van der Waals surface area (Å²) in [7, 11) is 0. The van der Waals surface area contributed by atoms with Crippen LogP contribution in [0.4, 0.5) is 10.1 Å². The molecule has 1 N–H and O–H groups in total. The number of benzene rings is 2. The normalized spacial score (nSPS) is 18.9. The first kappa shape index (κ1) is 21.4. The maximum Gasteiger partial charge on any atom is 0.253 e. The van der Waals surface area contributed by atoms with Crippen molar-refractivity contribution in [1.29, 1.82) is 0 Å². The van der Waals surface area contributed by atoms with E-state index >= 15 is 0 Å². The fraction of sp³-hybridized carbons (Fsp3) is 0.346. The molecule has 1 unspecified atom stereocenters. The monoisotopic (exact) mass is 446 g/mol. The Labute approximate surface area is 192 Å². The zero-order valence-electron chi connectivity index (χ0n) is 18.8. The number of hydrogen-bond acceptors (Lipinski definition) is 3. The smallest absolute Gasteiger partial charge is 0.253 e. The molecule has 1 spiro atoms. The minimum Gasteiger partial charge on any atom is -0.339 e. The molecule has 1 aliphatic carbocycles. The number of halogens is 1. The van der Waals surface area contributed by atoms with Gasteiger partial charge in [0.05, 0.1) is 11.4 Å². The van der Waals surface area contributed by atoms with Crippen LogP contribution in [0.15, 0.2) is 54.6 Å². The summed E-state index contributed by atoms with van der Waals surface area (Å²) in [5.41, 5.74) is 4.05. The molecule has 1 saturated carbocycles. The van der Waals surface area contributed by atoms with Crippen molar-refractivity contribution >= 4 is 17.5 Å². The van der Waals surface area contributed by atoms with Gasteiger partial charge in [0.25, 0.3) is 5.91 Å². The number of carbonyl (C=O) groups excluding carboxylic acids is 2. The highest BCUT2D eigenvalue weighted by atomic mass is 19.1. The Kier molecular flexibility index (Phi) is 5.27. The Bertz CT molecular complexity index is 1210. The molecule has 33 heavy (non-hydrogen) atoms. The van der Waals surface area contributed by atoms with Crippen LogP contribution in [0.3, 0.4) is 0 Å². The molecule has 1 aromatic heterocycles. The maximum absolute atomic E-state index is 13.4. The molecule has 2 amide bonds. The van der Waals surface area contributed by atoms with E-state index < -0.39 is 0 Å². The SMILES string of the molecule is Cc1cc(C)n(-c2ccc(C(=O)N3CCC4(CC3)CC4C(=O)Nc3cccc(F)c3)cc2)n1. The summed E-state index contributed by atoms with van der Waals surface area (Å²) in [6, 6.07) is 15.5. The Balaban J connectivity index is 1.18. The van der Waals surface area contributed by atoms with Crippen molar-refractivity contribution < 1.29 is 14.0 Å². The Morgan fingerprint density at radius 2 is 1.79 bits per heavy atom. The lowest BCUT2D eigenvalue weighted by Crippen LogP contribution is -2.40. The van der Waals surface area contributed by atoms with Crippen LogP contribution in [0.2, 0.25) is 0 Å². The van der Waals surface area contributed by atoms with Gasteiger partial charge in [0.2, 0.25) is 5.91 Å². The number of nitrogens with one attached hydrogen (secondary N) is 1. The van der Waals surface area contributed by atoms with Gasteiger partial charge in [0.1, 0.15) is 5.82 Å². The molecule has 5 rings (SSSR count). The molecule has 2 fully saturated rings. The number of piperidine rings is 1. The van der Waals surface area contributed by atoms with Crippen LogP contribution in [-0.4, -0.2) is 39.6 Å². The van der Waals surface area contributed by atoms with Crippen molar-refractivity contribution in [2.45, 2.75) is 33.1 Å².